The normalized spacial score (nSPS) is 11.1. The highest BCUT2D eigenvalue weighted by Gasteiger charge is 2.13. The first-order valence-corrected chi connectivity index (χ1v) is 7.16. The topological polar surface area (TPSA) is 0 Å². The van der Waals surface area contributed by atoms with Gasteiger partial charge in [0.05, 0.1) is 0 Å². The third kappa shape index (κ3) is 3.26. The van der Waals surface area contributed by atoms with Crippen molar-refractivity contribution in [2.24, 2.45) is 0 Å². The summed E-state index contributed by atoms with van der Waals surface area (Å²) in [5.74, 6) is 0.511. The van der Waals surface area contributed by atoms with Crippen LogP contribution in [0.25, 0.3) is 0 Å². The summed E-state index contributed by atoms with van der Waals surface area (Å²) in [6, 6.07) is 13.8. The highest BCUT2D eigenvalue weighted by atomic mass is 14.2. The minimum absolute atomic E-state index is 0.511. The summed E-state index contributed by atoms with van der Waals surface area (Å²) >= 11 is 0. The van der Waals surface area contributed by atoms with Crippen LogP contribution in [0, 0.1) is 27.7 Å². The van der Waals surface area contributed by atoms with Gasteiger partial charge in [0, 0.05) is 5.92 Å². The monoisotopic (exact) mass is 252 g/mol. The minimum Gasteiger partial charge on any atom is -0.0645 e. The van der Waals surface area contributed by atoms with Crippen molar-refractivity contribution in [1.82, 2.24) is 0 Å². The van der Waals surface area contributed by atoms with E-state index in [-0.39, 0.29) is 0 Å². The van der Waals surface area contributed by atoms with E-state index < -0.39 is 0 Å². The molecular weight excluding hydrogens is 228 g/mol. The Hall–Kier alpha value is -1.56. The van der Waals surface area contributed by atoms with Gasteiger partial charge in [-0.25, -0.2) is 0 Å². The molecule has 0 heteroatoms. The summed E-state index contributed by atoms with van der Waals surface area (Å²) in [7, 11) is 0. The molecule has 0 spiro atoms. The quantitative estimate of drug-likeness (QED) is 0.680. The maximum absolute atomic E-state index is 2.33. The second kappa shape index (κ2) is 5.61. The molecule has 0 atom stereocenters. The average molecular weight is 252 g/mol. The van der Waals surface area contributed by atoms with E-state index in [0.29, 0.717) is 5.92 Å². The molecule has 2 aromatic rings. The molecule has 0 saturated carbocycles. The smallest absolute Gasteiger partial charge is 0.00871 e. The molecule has 19 heavy (non-hydrogen) atoms. The number of rotatable bonds is 3. The van der Waals surface area contributed by atoms with Gasteiger partial charge in [-0.05, 0) is 45.2 Å². The summed E-state index contributed by atoms with van der Waals surface area (Å²) in [6.45, 7) is 11.0. The molecule has 2 rings (SSSR count). The molecule has 0 fully saturated rings. The standard InChI is InChI=1S/C19H24/c1-6-19(17-9-13(2)7-14(3)10-17)18-11-15(4)8-16(5)12-18/h7-12,19H,6H2,1-5H3. The third-order valence-corrected chi connectivity index (χ3v) is 3.70. The van der Waals surface area contributed by atoms with Crippen LogP contribution in [0.5, 0.6) is 0 Å². The molecule has 0 aliphatic carbocycles. The fourth-order valence-electron chi connectivity index (χ4n) is 3.09. The molecule has 0 heterocycles. The summed E-state index contributed by atoms with van der Waals surface area (Å²) < 4.78 is 0. The molecule has 0 bridgehead atoms. The molecule has 0 unspecified atom stereocenters. The van der Waals surface area contributed by atoms with E-state index in [1.807, 2.05) is 0 Å². The van der Waals surface area contributed by atoms with E-state index in [1.165, 1.54) is 33.4 Å². The number of benzene rings is 2. The van der Waals surface area contributed by atoms with Gasteiger partial charge in [-0.1, -0.05) is 65.6 Å². The first kappa shape index (κ1) is 13.9. The summed E-state index contributed by atoms with van der Waals surface area (Å²) in [6.07, 6.45) is 1.14. The van der Waals surface area contributed by atoms with Crippen molar-refractivity contribution < 1.29 is 0 Å². The van der Waals surface area contributed by atoms with E-state index in [0.717, 1.165) is 6.42 Å². The maximum Gasteiger partial charge on any atom is 0.00871 e. The van der Waals surface area contributed by atoms with Crippen LogP contribution >= 0.6 is 0 Å². The Morgan fingerprint density at radius 3 is 1.21 bits per heavy atom. The second-order valence-electron chi connectivity index (χ2n) is 5.80. The maximum atomic E-state index is 2.33. The van der Waals surface area contributed by atoms with Crippen LogP contribution in [0.3, 0.4) is 0 Å². The van der Waals surface area contributed by atoms with Crippen LogP contribution in [0.1, 0.15) is 52.6 Å². The predicted molar refractivity (Wildman–Crippen MR) is 84.0 cm³/mol. The lowest BCUT2D eigenvalue weighted by atomic mass is 9.86. The average Bonchev–Trinajstić information content (AvgIpc) is 2.27. The number of hydrogen-bond donors (Lipinski definition) is 0. The van der Waals surface area contributed by atoms with E-state index in [2.05, 4.69) is 71.0 Å². The van der Waals surface area contributed by atoms with E-state index in [1.54, 1.807) is 0 Å². The van der Waals surface area contributed by atoms with Crippen molar-refractivity contribution in [3.05, 3.63) is 69.8 Å². The van der Waals surface area contributed by atoms with E-state index in [9.17, 15) is 0 Å². The van der Waals surface area contributed by atoms with Crippen molar-refractivity contribution in [3.63, 3.8) is 0 Å². The highest BCUT2D eigenvalue weighted by molar-refractivity contribution is 5.40. The van der Waals surface area contributed by atoms with Gasteiger partial charge in [0.2, 0.25) is 0 Å². The zero-order valence-corrected chi connectivity index (χ0v) is 12.7. The summed E-state index contributed by atoms with van der Waals surface area (Å²) in [4.78, 5) is 0. The van der Waals surface area contributed by atoms with Crippen molar-refractivity contribution in [2.45, 2.75) is 47.0 Å². The molecule has 0 amide bonds. The van der Waals surface area contributed by atoms with Crippen molar-refractivity contribution in [1.29, 1.82) is 0 Å². The zero-order valence-electron chi connectivity index (χ0n) is 12.7. The van der Waals surface area contributed by atoms with Crippen LogP contribution in [-0.2, 0) is 0 Å². The van der Waals surface area contributed by atoms with Crippen LogP contribution in [0.4, 0.5) is 0 Å². The van der Waals surface area contributed by atoms with Gasteiger partial charge in [0.25, 0.3) is 0 Å². The van der Waals surface area contributed by atoms with Crippen LogP contribution < -0.4 is 0 Å². The molecule has 0 aromatic heterocycles. The molecular formula is C19H24. The fraction of sp³-hybridized carbons (Fsp3) is 0.368. The first-order valence-electron chi connectivity index (χ1n) is 7.16. The lowest BCUT2D eigenvalue weighted by Gasteiger charge is -2.18. The first-order chi connectivity index (χ1) is 8.99. The molecule has 2 aromatic carbocycles. The molecule has 100 valence electrons. The minimum atomic E-state index is 0.511. The molecule has 0 aliphatic heterocycles. The number of aryl methyl sites for hydroxylation is 4. The molecule has 0 nitrogen and oxygen atoms in total. The van der Waals surface area contributed by atoms with Gasteiger partial charge in [-0.2, -0.15) is 0 Å². The Morgan fingerprint density at radius 2 is 0.947 bits per heavy atom. The third-order valence-electron chi connectivity index (χ3n) is 3.70. The molecule has 0 radical (unpaired) electrons. The predicted octanol–water partition coefficient (Wildman–Crippen LogP) is 5.46. The Morgan fingerprint density at radius 1 is 0.632 bits per heavy atom. The van der Waals surface area contributed by atoms with Crippen LogP contribution in [0.15, 0.2) is 36.4 Å². The van der Waals surface area contributed by atoms with Gasteiger partial charge < -0.3 is 0 Å². The number of hydrogen-bond acceptors (Lipinski definition) is 0. The zero-order chi connectivity index (χ0) is 14.0. The van der Waals surface area contributed by atoms with Crippen molar-refractivity contribution in [3.8, 4) is 0 Å². The van der Waals surface area contributed by atoms with Gasteiger partial charge in [-0.3, -0.25) is 0 Å². The highest BCUT2D eigenvalue weighted by Crippen LogP contribution is 2.30. The van der Waals surface area contributed by atoms with E-state index >= 15 is 0 Å². The molecule has 0 saturated heterocycles. The lowest BCUT2D eigenvalue weighted by Crippen LogP contribution is -2.02. The Balaban J connectivity index is 2.49. The Bertz CT molecular complexity index is 487. The Kier molecular flexibility index (Phi) is 4.09. The van der Waals surface area contributed by atoms with Gasteiger partial charge in [0.1, 0.15) is 0 Å². The van der Waals surface area contributed by atoms with Gasteiger partial charge in [-0.15, -0.1) is 0 Å². The summed E-state index contributed by atoms with van der Waals surface area (Å²) in [5, 5.41) is 0. The van der Waals surface area contributed by atoms with Crippen LogP contribution in [0.2, 0.25) is 0 Å². The fourth-order valence-corrected chi connectivity index (χ4v) is 3.09. The lowest BCUT2D eigenvalue weighted by molar-refractivity contribution is 0.773. The Labute approximate surface area is 117 Å². The molecule has 0 N–H and O–H groups in total. The van der Waals surface area contributed by atoms with E-state index in [4.69, 9.17) is 0 Å². The van der Waals surface area contributed by atoms with Crippen molar-refractivity contribution in [2.75, 3.05) is 0 Å². The SMILES string of the molecule is CCC(c1cc(C)cc(C)c1)c1cc(C)cc(C)c1. The van der Waals surface area contributed by atoms with Gasteiger partial charge >= 0.3 is 0 Å². The summed E-state index contributed by atoms with van der Waals surface area (Å²) in [5.41, 5.74) is 8.33. The van der Waals surface area contributed by atoms with Crippen LogP contribution in [-0.4, -0.2) is 0 Å². The largest absolute Gasteiger partial charge is 0.0645 e. The van der Waals surface area contributed by atoms with Gasteiger partial charge in [0.15, 0.2) is 0 Å². The second-order valence-corrected chi connectivity index (χ2v) is 5.80. The molecule has 0 aliphatic rings. The van der Waals surface area contributed by atoms with Crippen molar-refractivity contribution >= 4 is 0 Å².